The lowest BCUT2D eigenvalue weighted by atomic mass is 10.1. The first-order valence-corrected chi connectivity index (χ1v) is 8.52. The first kappa shape index (κ1) is 17.6. The van der Waals surface area contributed by atoms with E-state index in [1.807, 2.05) is 47.4 Å². The van der Waals surface area contributed by atoms with Crippen molar-refractivity contribution in [3.05, 3.63) is 70.7 Å². The highest BCUT2D eigenvalue weighted by atomic mass is 35.5. The van der Waals surface area contributed by atoms with E-state index in [-0.39, 0.29) is 11.9 Å². The fourth-order valence-corrected chi connectivity index (χ4v) is 2.70. The normalized spacial score (nSPS) is 10.8. The van der Waals surface area contributed by atoms with Crippen LogP contribution in [-0.4, -0.2) is 16.8 Å². The van der Waals surface area contributed by atoms with Gasteiger partial charge in [-0.15, -0.1) is 0 Å². The topological polar surface area (TPSA) is 20.3 Å². The van der Waals surface area contributed by atoms with Crippen molar-refractivity contribution >= 4 is 17.5 Å². The quantitative estimate of drug-likeness (QED) is 0.692. The molecular weight excluding hydrogens is 306 g/mol. The Morgan fingerprint density at radius 2 is 1.65 bits per heavy atom. The molecule has 0 aliphatic heterocycles. The molecule has 1 amide bonds. The lowest BCUT2D eigenvalue weighted by Crippen LogP contribution is -2.36. The summed E-state index contributed by atoms with van der Waals surface area (Å²) in [5.74, 6) is 0.220. The van der Waals surface area contributed by atoms with E-state index in [0.29, 0.717) is 13.0 Å². The molecule has 2 rings (SSSR count). The van der Waals surface area contributed by atoms with Gasteiger partial charge in [0, 0.05) is 24.0 Å². The molecule has 0 atom stereocenters. The number of rotatable bonds is 7. The van der Waals surface area contributed by atoms with E-state index in [1.54, 1.807) is 0 Å². The number of hydrogen-bond donors (Lipinski definition) is 0. The van der Waals surface area contributed by atoms with Crippen LogP contribution in [0.25, 0.3) is 0 Å². The number of halogens is 1. The van der Waals surface area contributed by atoms with Gasteiger partial charge < -0.3 is 4.90 Å². The summed E-state index contributed by atoms with van der Waals surface area (Å²) in [6.45, 7) is 4.82. The largest absolute Gasteiger partial charge is 0.336 e. The molecule has 0 N–H and O–H groups in total. The minimum Gasteiger partial charge on any atom is -0.336 e. The van der Waals surface area contributed by atoms with Gasteiger partial charge in [0.1, 0.15) is 0 Å². The molecule has 2 nitrogen and oxygen atoms in total. The Kier molecular flexibility index (Phi) is 6.66. The summed E-state index contributed by atoms with van der Waals surface area (Å²) in [6, 6.07) is 18.2. The SMILES string of the molecule is CC(C)N(Cc1ccccc1)C(=O)CCCc1ccc(Cl)cc1. The maximum atomic E-state index is 12.5. The maximum absolute atomic E-state index is 12.5. The number of hydrogen-bond acceptors (Lipinski definition) is 1. The lowest BCUT2D eigenvalue weighted by Gasteiger charge is -2.27. The van der Waals surface area contributed by atoms with Gasteiger partial charge >= 0.3 is 0 Å². The summed E-state index contributed by atoms with van der Waals surface area (Å²) in [5.41, 5.74) is 2.40. The van der Waals surface area contributed by atoms with Gasteiger partial charge in [-0.05, 0) is 49.9 Å². The molecule has 0 heterocycles. The van der Waals surface area contributed by atoms with Crippen LogP contribution in [0.1, 0.15) is 37.8 Å². The molecule has 0 aliphatic rings. The van der Waals surface area contributed by atoms with Gasteiger partial charge in [-0.2, -0.15) is 0 Å². The number of carbonyl (C=O) groups is 1. The molecule has 0 unspecified atom stereocenters. The van der Waals surface area contributed by atoms with Gasteiger partial charge in [-0.1, -0.05) is 54.1 Å². The highest BCUT2D eigenvalue weighted by Gasteiger charge is 2.16. The molecule has 3 heteroatoms. The van der Waals surface area contributed by atoms with Crippen molar-refractivity contribution < 1.29 is 4.79 Å². The fourth-order valence-electron chi connectivity index (χ4n) is 2.58. The number of amides is 1. The van der Waals surface area contributed by atoms with E-state index in [1.165, 1.54) is 11.1 Å². The van der Waals surface area contributed by atoms with Crippen LogP contribution in [0, 0.1) is 0 Å². The average molecular weight is 330 g/mol. The second kappa shape index (κ2) is 8.73. The summed E-state index contributed by atoms with van der Waals surface area (Å²) in [4.78, 5) is 14.5. The molecule has 23 heavy (non-hydrogen) atoms. The molecule has 0 aliphatic carbocycles. The molecule has 0 saturated carbocycles. The molecule has 0 aromatic heterocycles. The Bertz CT molecular complexity index is 607. The first-order valence-electron chi connectivity index (χ1n) is 8.14. The first-order chi connectivity index (χ1) is 11.1. The van der Waals surface area contributed by atoms with Crippen LogP contribution in [0.3, 0.4) is 0 Å². The predicted molar refractivity (Wildman–Crippen MR) is 96.5 cm³/mol. The van der Waals surface area contributed by atoms with E-state index >= 15 is 0 Å². The molecule has 0 bridgehead atoms. The summed E-state index contributed by atoms with van der Waals surface area (Å²) < 4.78 is 0. The molecule has 0 saturated heterocycles. The number of nitrogens with zero attached hydrogens (tertiary/aromatic N) is 1. The Balaban J connectivity index is 1.87. The van der Waals surface area contributed by atoms with Crippen LogP contribution in [-0.2, 0) is 17.8 Å². The van der Waals surface area contributed by atoms with Crippen molar-refractivity contribution in [3.8, 4) is 0 Å². The standard InChI is InChI=1S/C20H24ClNO/c1-16(2)22(15-18-7-4-3-5-8-18)20(23)10-6-9-17-11-13-19(21)14-12-17/h3-5,7-8,11-14,16H,6,9-10,15H2,1-2H3. The monoisotopic (exact) mass is 329 g/mol. The summed E-state index contributed by atoms with van der Waals surface area (Å²) >= 11 is 5.89. The zero-order valence-electron chi connectivity index (χ0n) is 13.8. The van der Waals surface area contributed by atoms with Gasteiger partial charge in [-0.25, -0.2) is 0 Å². The second-order valence-corrected chi connectivity index (χ2v) is 6.52. The zero-order chi connectivity index (χ0) is 16.7. The molecule has 0 radical (unpaired) electrons. The Labute approximate surface area is 144 Å². The van der Waals surface area contributed by atoms with Gasteiger partial charge in [0.05, 0.1) is 0 Å². The van der Waals surface area contributed by atoms with Gasteiger partial charge in [-0.3, -0.25) is 4.79 Å². The van der Waals surface area contributed by atoms with Gasteiger partial charge in [0.15, 0.2) is 0 Å². The highest BCUT2D eigenvalue weighted by Crippen LogP contribution is 2.14. The van der Waals surface area contributed by atoms with Crippen LogP contribution in [0.2, 0.25) is 5.02 Å². The van der Waals surface area contributed by atoms with Crippen molar-refractivity contribution in [2.75, 3.05) is 0 Å². The third-order valence-electron chi connectivity index (χ3n) is 3.91. The van der Waals surface area contributed by atoms with Crippen molar-refractivity contribution in [2.45, 2.75) is 45.7 Å². The second-order valence-electron chi connectivity index (χ2n) is 6.08. The smallest absolute Gasteiger partial charge is 0.223 e. The Morgan fingerprint density at radius 1 is 1.00 bits per heavy atom. The van der Waals surface area contributed by atoms with Crippen LogP contribution >= 0.6 is 11.6 Å². The van der Waals surface area contributed by atoms with Gasteiger partial charge in [0.2, 0.25) is 5.91 Å². The number of benzene rings is 2. The summed E-state index contributed by atoms with van der Waals surface area (Å²) in [7, 11) is 0. The van der Waals surface area contributed by atoms with E-state index in [2.05, 4.69) is 26.0 Å². The number of aryl methyl sites for hydroxylation is 1. The highest BCUT2D eigenvalue weighted by molar-refractivity contribution is 6.30. The van der Waals surface area contributed by atoms with Crippen LogP contribution in [0.15, 0.2) is 54.6 Å². The van der Waals surface area contributed by atoms with Crippen molar-refractivity contribution in [2.24, 2.45) is 0 Å². The van der Waals surface area contributed by atoms with E-state index in [4.69, 9.17) is 11.6 Å². The Morgan fingerprint density at radius 3 is 2.26 bits per heavy atom. The fraction of sp³-hybridized carbons (Fsp3) is 0.350. The molecule has 0 spiro atoms. The van der Waals surface area contributed by atoms with Crippen LogP contribution in [0.5, 0.6) is 0 Å². The molecular formula is C20H24ClNO. The van der Waals surface area contributed by atoms with E-state index in [9.17, 15) is 4.79 Å². The zero-order valence-corrected chi connectivity index (χ0v) is 14.6. The molecule has 2 aromatic rings. The van der Waals surface area contributed by atoms with Crippen molar-refractivity contribution in [1.82, 2.24) is 4.90 Å². The Hall–Kier alpha value is -1.80. The number of carbonyl (C=O) groups excluding carboxylic acids is 1. The van der Waals surface area contributed by atoms with Crippen molar-refractivity contribution in [1.29, 1.82) is 0 Å². The van der Waals surface area contributed by atoms with E-state index in [0.717, 1.165) is 17.9 Å². The van der Waals surface area contributed by atoms with Crippen molar-refractivity contribution in [3.63, 3.8) is 0 Å². The summed E-state index contributed by atoms with van der Waals surface area (Å²) in [5, 5.41) is 0.749. The van der Waals surface area contributed by atoms with Crippen LogP contribution < -0.4 is 0 Å². The third kappa shape index (κ3) is 5.72. The maximum Gasteiger partial charge on any atom is 0.223 e. The third-order valence-corrected chi connectivity index (χ3v) is 4.16. The van der Waals surface area contributed by atoms with Gasteiger partial charge in [0.25, 0.3) is 0 Å². The summed E-state index contributed by atoms with van der Waals surface area (Å²) in [6.07, 6.45) is 2.34. The minimum absolute atomic E-state index is 0.207. The molecule has 0 fully saturated rings. The minimum atomic E-state index is 0.207. The molecule has 2 aromatic carbocycles. The van der Waals surface area contributed by atoms with Crippen LogP contribution in [0.4, 0.5) is 0 Å². The average Bonchev–Trinajstić information content (AvgIpc) is 2.55. The lowest BCUT2D eigenvalue weighted by molar-refractivity contribution is -0.133. The van der Waals surface area contributed by atoms with E-state index < -0.39 is 0 Å². The predicted octanol–water partition coefficient (Wildman–Crippen LogP) is 5.10. The molecule has 122 valence electrons.